The van der Waals surface area contributed by atoms with Gasteiger partial charge in [0.15, 0.2) is 29.6 Å². The highest BCUT2D eigenvalue weighted by Gasteiger charge is 2.52. The van der Waals surface area contributed by atoms with Crippen molar-refractivity contribution in [2.24, 2.45) is 0 Å². The molecule has 3 aromatic carbocycles. The minimum absolute atomic E-state index is 0.0102. The Morgan fingerprint density at radius 3 is 1.93 bits per heavy atom. The van der Waals surface area contributed by atoms with E-state index >= 15 is 0 Å². The van der Waals surface area contributed by atoms with Gasteiger partial charge < -0.3 is 114 Å². The number of carbonyl (C=O) groups is 3. The van der Waals surface area contributed by atoms with Crippen LogP contribution in [0.5, 0.6) is 40.2 Å². The largest absolute Gasteiger partial charge is 0.508 e. The zero-order valence-electron chi connectivity index (χ0n) is 36.9. The van der Waals surface area contributed by atoms with Gasteiger partial charge >= 0.3 is 17.9 Å². The third kappa shape index (κ3) is 11.8. The normalized spacial score (nSPS) is 32.7. The lowest BCUT2D eigenvalue weighted by Gasteiger charge is -2.45. The van der Waals surface area contributed by atoms with E-state index < -0.39 is 170 Å². The summed E-state index contributed by atoms with van der Waals surface area (Å²) in [6, 6.07) is 9.71. The molecule has 16 atom stereocenters. The molecule has 3 aromatic rings. The maximum absolute atomic E-state index is 12.6. The molecular formula is C45H50O26. The molecule has 386 valence electrons. The number of rotatable bonds is 15. The van der Waals surface area contributed by atoms with Crippen LogP contribution < -0.4 is 9.47 Å². The molecule has 0 aliphatic carbocycles. The number of aliphatic hydroxyl groups is 8. The van der Waals surface area contributed by atoms with Crippen LogP contribution in [0.3, 0.4) is 0 Å². The lowest BCUT2D eigenvalue weighted by Crippen LogP contribution is -2.64. The Hall–Kier alpha value is -6.53. The van der Waals surface area contributed by atoms with Crippen molar-refractivity contribution in [2.75, 3.05) is 13.2 Å². The Morgan fingerprint density at radius 2 is 1.25 bits per heavy atom. The molecule has 3 saturated heterocycles. The molecular weight excluding hydrogens is 956 g/mol. The number of aliphatic hydroxyl groups excluding tert-OH is 8. The first kappa shape index (κ1) is 52.3. The second-order valence-corrected chi connectivity index (χ2v) is 16.7. The van der Waals surface area contributed by atoms with Crippen LogP contribution in [0.2, 0.25) is 0 Å². The summed E-state index contributed by atoms with van der Waals surface area (Å²) >= 11 is 0. The Labute approximate surface area is 400 Å². The summed E-state index contributed by atoms with van der Waals surface area (Å²) in [4.78, 5) is 36.1. The number of hydrogen-bond acceptors (Lipinski definition) is 25. The summed E-state index contributed by atoms with van der Waals surface area (Å²) in [5.41, 5.74) is 0.193. The first-order valence-electron chi connectivity index (χ1n) is 21.5. The van der Waals surface area contributed by atoms with Crippen LogP contribution in [0.4, 0.5) is 0 Å². The van der Waals surface area contributed by atoms with Gasteiger partial charge in [0, 0.05) is 23.8 Å². The number of carbonyl (C=O) groups excluding carboxylic acids is 2. The molecule has 26 heteroatoms. The Morgan fingerprint density at radius 1 is 0.648 bits per heavy atom. The van der Waals surface area contributed by atoms with Crippen molar-refractivity contribution in [3.05, 3.63) is 77.1 Å². The lowest BCUT2D eigenvalue weighted by molar-refractivity contribution is -0.349. The maximum Gasteiger partial charge on any atom is 0.330 e. The molecule has 0 aromatic heterocycles. The van der Waals surface area contributed by atoms with E-state index in [1.807, 2.05) is 0 Å². The van der Waals surface area contributed by atoms with E-state index in [-0.39, 0.29) is 22.6 Å². The fourth-order valence-corrected chi connectivity index (χ4v) is 7.74. The van der Waals surface area contributed by atoms with Gasteiger partial charge in [-0.1, -0.05) is 12.1 Å². The molecule has 26 nitrogen and oxygen atoms in total. The first-order chi connectivity index (χ1) is 33.6. The number of aromatic hydroxyl groups is 5. The summed E-state index contributed by atoms with van der Waals surface area (Å²) in [6.07, 6.45) is -26.6. The molecule has 4 aliphatic rings. The predicted octanol–water partition coefficient (Wildman–Crippen LogP) is -2.17. The first-order valence-corrected chi connectivity index (χ1v) is 21.5. The van der Waals surface area contributed by atoms with Gasteiger partial charge in [0.05, 0.1) is 11.7 Å². The van der Waals surface area contributed by atoms with E-state index in [1.165, 1.54) is 37.3 Å². The monoisotopic (exact) mass is 1010 g/mol. The molecule has 0 amide bonds. The van der Waals surface area contributed by atoms with E-state index in [4.69, 9.17) is 47.7 Å². The molecule has 4 aliphatic heterocycles. The third-order valence-corrected chi connectivity index (χ3v) is 11.6. The van der Waals surface area contributed by atoms with Gasteiger partial charge in [-0.3, -0.25) is 9.59 Å². The number of carboxylic acids is 1. The summed E-state index contributed by atoms with van der Waals surface area (Å²) in [5.74, 6) is -8.07. The van der Waals surface area contributed by atoms with E-state index in [0.29, 0.717) is 5.56 Å². The van der Waals surface area contributed by atoms with Gasteiger partial charge in [-0.15, -0.1) is 0 Å². The van der Waals surface area contributed by atoms with E-state index in [9.17, 15) is 80.8 Å². The van der Waals surface area contributed by atoms with Gasteiger partial charge in [0.1, 0.15) is 116 Å². The Bertz CT molecular complexity index is 2440. The van der Waals surface area contributed by atoms with Crippen LogP contribution in [-0.4, -0.2) is 195 Å². The third-order valence-electron chi connectivity index (χ3n) is 11.6. The smallest absolute Gasteiger partial charge is 0.330 e. The number of phenolic OH excluding ortho intramolecular Hbond substituents is 5. The lowest BCUT2D eigenvalue weighted by atomic mass is 9.97. The molecule has 14 N–H and O–H groups in total. The topological polar surface area (TPSA) is 418 Å². The van der Waals surface area contributed by atoms with Crippen molar-refractivity contribution in [3.63, 3.8) is 0 Å². The van der Waals surface area contributed by atoms with Crippen molar-refractivity contribution in [1.29, 1.82) is 0 Å². The van der Waals surface area contributed by atoms with Crippen LogP contribution in [-0.2, 0) is 47.5 Å². The highest BCUT2D eigenvalue weighted by atomic mass is 16.7. The van der Waals surface area contributed by atoms with Crippen LogP contribution in [0, 0.1) is 0 Å². The number of benzene rings is 3. The minimum Gasteiger partial charge on any atom is -0.508 e. The van der Waals surface area contributed by atoms with E-state index in [2.05, 4.69) is 0 Å². The van der Waals surface area contributed by atoms with Crippen molar-refractivity contribution in [1.82, 2.24) is 0 Å². The van der Waals surface area contributed by atoms with E-state index in [0.717, 1.165) is 36.4 Å². The molecule has 0 spiro atoms. The number of esters is 2. The molecule has 4 heterocycles. The zero-order chi connectivity index (χ0) is 51.6. The summed E-state index contributed by atoms with van der Waals surface area (Å²) in [5, 5.41) is 147. The SMILES string of the molecule is C[C@H]1O[C@@H](O[C@@H]2[C@H](O)[C@@H](O)[C@H](Oc3cc(O)cc4c3C=C(O[C@@H]3O[C@H](COC(=O)/C=C/c5ccc(O)cc5)[C@H](O)[C@H](O)[C@H]3O)C(c3cc(O)c(O)c(O)c3)O4)O[C@@H]2COC(=O)CC(=O)O)[C@@H](O)[C@H](O)[C@H]1O. The molecule has 71 heavy (non-hydrogen) atoms. The summed E-state index contributed by atoms with van der Waals surface area (Å²) < 4.78 is 51.3. The van der Waals surface area contributed by atoms with Crippen molar-refractivity contribution in [3.8, 4) is 40.2 Å². The standard InChI is InChI=1S/C45H50O26/c1-16-32(54)35(57)38(60)43(65-16)71-42-28(15-64-31(53)13-29(50)51)70-45(40(62)37(42)59)67-25-11-20(47)10-24-21(25)12-26(41(66-24)18-8-22(48)33(55)23(49)9-18)68-44-39(61)36(58)34(56)27(69-44)14-63-30(52)7-4-17-2-5-19(46)6-3-17/h2-12,16,27-28,32,34-49,54-62H,13-15H2,1H3,(H,50,51)/b7-4+/t16-,27-,28-,32+,34+,35-,36+,37-,38+,39-,40-,41?,42+,43+,44-,45-/m1/s1. The molecule has 0 bridgehead atoms. The van der Waals surface area contributed by atoms with Crippen molar-refractivity contribution < 1.29 is 129 Å². The van der Waals surface area contributed by atoms with Crippen LogP contribution in [0.25, 0.3) is 12.2 Å². The highest BCUT2D eigenvalue weighted by molar-refractivity contribution is 5.90. The number of aliphatic carboxylic acids is 1. The van der Waals surface area contributed by atoms with Gasteiger partial charge in [0.2, 0.25) is 12.6 Å². The number of ether oxygens (including phenoxy) is 9. The average molecular weight is 1010 g/mol. The van der Waals surface area contributed by atoms with Crippen molar-refractivity contribution >= 4 is 30.1 Å². The summed E-state index contributed by atoms with van der Waals surface area (Å²) in [7, 11) is 0. The van der Waals surface area contributed by atoms with Gasteiger partial charge in [0.25, 0.3) is 0 Å². The van der Waals surface area contributed by atoms with Crippen molar-refractivity contribution in [2.45, 2.75) is 112 Å². The maximum atomic E-state index is 12.6. The second kappa shape index (κ2) is 21.9. The number of fused-ring (bicyclic) bond motifs is 1. The average Bonchev–Trinajstić information content (AvgIpc) is 3.32. The predicted molar refractivity (Wildman–Crippen MR) is 228 cm³/mol. The van der Waals surface area contributed by atoms with Gasteiger partial charge in [-0.2, -0.15) is 0 Å². The molecule has 0 radical (unpaired) electrons. The quantitative estimate of drug-likeness (QED) is 0.0333. The molecule has 7 rings (SSSR count). The summed E-state index contributed by atoms with van der Waals surface area (Å²) in [6.45, 7) is -0.268. The fraction of sp³-hybridized carbons (Fsp3) is 0.444. The molecule has 3 fully saturated rings. The fourth-order valence-electron chi connectivity index (χ4n) is 7.74. The van der Waals surface area contributed by atoms with Gasteiger partial charge in [-0.25, -0.2) is 4.79 Å². The number of carboxylic acid groups (broad SMARTS) is 1. The van der Waals surface area contributed by atoms with Crippen LogP contribution in [0.15, 0.2) is 60.4 Å². The van der Waals surface area contributed by atoms with Crippen LogP contribution >= 0.6 is 0 Å². The Kier molecular flexibility index (Phi) is 16.1. The minimum atomic E-state index is -2.13. The highest BCUT2D eigenvalue weighted by Crippen LogP contribution is 2.48. The second-order valence-electron chi connectivity index (χ2n) is 16.7. The van der Waals surface area contributed by atoms with Crippen LogP contribution in [0.1, 0.15) is 36.1 Å². The molecule has 1 unspecified atom stereocenters. The Balaban J connectivity index is 1.18. The number of phenols is 5. The molecule has 0 saturated carbocycles. The zero-order valence-corrected chi connectivity index (χ0v) is 36.9. The number of hydrogen-bond donors (Lipinski definition) is 14. The van der Waals surface area contributed by atoms with Gasteiger partial charge in [-0.05, 0) is 48.9 Å². The van der Waals surface area contributed by atoms with E-state index in [1.54, 1.807) is 0 Å².